The van der Waals surface area contributed by atoms with E-state index in [2.05, 4.69) is 5.32 Å². The topological polar surface area (TPSA) is 84.9 Å². The van der Waals surface area contributed by atoms with E-state index in [1.54, 1.807) is 30.3 Å². The molecule has 7 nitrogen and oxygen atoms in total. The second kappa shape index (κ2) is 8.28. The molecule has 1 aliphatic heterocycles. The number of nitrogens with zero attached hydrogens (tertiary/aromatic N) is 1. The van der Waals surface area contributed by atoms with Gasteiger partial charge in [0.05, 0.1) is 20.6 Å². The van der Waals surface area contributed by atoms with Gasteiger partial charge in [0.25, 0.3) is 10.0 Å². The van der Waals surface area contributed by atoms with Crippen molar-refractivity contribution in [2.45, 2.75) is 23.5 Å². The molecule has 1 fully saturated rings. The van der Waals surface area contributed by atoms with Gasteiger partial charge in [-0.2, -0.15) is 4.31 Å². The van der Waals surface area contributed by atoms with Gasteiger partial charge in [-0.1, -0.05) is 0 Å². The number of anilines is 1. The van der Waals surface area contributed by atoms with Crippen molar-refractivity contribution in [3.8, 4) is 11.5 Å². The highest BCUT2D eigenvalue weighted by molar-refractivity contribution is 7.91. The minimum atomic E-state index is -3.44. The summed E-state index contributed by atoms with van der Waals surface area (Å²) in [5, 5.41) is 2.79. The first kappa shape index (κ1) is 19.7. The third kappa shape index (κ3) is 4.60. The fourth-order valence-electron chi connectivity index (χ4n) is 2.89. The van der Waals surface area contributed by atoms with E-state index in [1.807, 2.05) is 0 Å². The lowest BCUT2D eigenvalue weighted by molar-refractivity contribution is -0.115. The lowest BCUT2D eigenvalue weighted by Crippen LogP contribution is -2.27. The maximum atomic E-state index is 12.6. The second-order valence-corrected chi connectivity index (χ2v) is 9.49. The van der Waals surface area contributed by atoms with Crippen LogP contribution in [0, 0.1) is 0 Å². The van der Waals surface area contributed by atoms with E-state index in [9.17, 15) is 13.2 Å². The zero-order valence-corrected chi connectivity index (χ0v) is 16.9. The number of benzene rings is 1. The monoisotopic (exact) mass is 410 g/mol. The van der Waals surface area contributed by atoms with Crippen LogP contribution in [-0.4, -0.2) is 45.9 Å². The molecule has 0 spiro atoms. The summed E-state index contributed by atoms with van der Waals surface area (Å²) in [4.78, 5) is 13.0. The van der Waals surface area contributed by atoms with Gasteiger partial charge in [-0.05, 0) is 25.0 Å². The van der Waals surface area contributed by atoms with Crippen molar-refractivity contribution >= 4 is 33.0 Å². The molecule has 0 radical (unpaired) electrons. The molecular formula is C18H22N2O5S2. The molecule has 146 valence electrons. The van der Waals surface area contributed by atoms with Gasteiger partial charge in [-0.3, -0.25) is 4.79 Å². The Labute approximate surface area is 163 Å². The maximum absolute atomic E-state index is 12.6. The molecule has 1 amide bonds. The van der Waals surface area contributed by atoms with Crippen molar-refractivity contribution < 1.29 is 22.7 Å². The van der Waals surface area contributed by atoms with Crippen LogP contribution in [0.4, 0.5) is 5.69 Å². The fourth-order valence-corrected chi connectivity index (χ4v) is 5.92. The quantitative estimate of drug-likeness (QED) is 0.759. The number of nitrogens with one attached hydrogen (secondary N) is 1. The van der Waals surface area contributed by atoms with Crippen molar-refractivity contribution in [1.29, 1.82) is 0 Å². The molecule has 2 aromatic rings. The van der Waals surface area contributed by atoms with E-state index in [4.69, 9.17) is 9.47 Å². The summed E-state index contributed by atoms with van der Waals surface area (Å²) in [5.74, 6) is 0.900. The zero-order valence-electron chi connectivity index (χ0n) is 15.2. The SMILES string of the molecule is COc1cc(NC(=O)Cc2ccc(S(=O)(=O)N3CCCC3)s2)cc(OC)c1. The lowest BCUT2D eigenvalue weighted by Gasteiger charge is -2.13. The Morgan fingerprint density at radius 1 is 1.11 bits per heavy atom. The van der Waals surface area contributed by atoms with Crippen LogP contribution in [0.3, 0.4) is 0 Å². The molecule has 0 saturated carbocycles. The van der Waals surface area contributed by atoms with Crippen LogP contribution in [0.2, 0.25) is 0 Å². The summed E-state index contributed by atoms with van der Waals surface area (Å²) in [7, 11) is -0.371. The predicted molar refractivity (Wildman–Crippen MR) is 104 cm³/mol. The molecule has 3 rings (SSSR count). The molecule has 1 aromatic carbocycles. The molecule has 0 aliphatic carbocycles. The number of methoxy groups -OCH3 is 2. The van der Waals surface area contributed by atoms with E-state index >= 15 is 0 Å². The standard InChI is InChI=1S/C18H22N2O5S2/c1-24-14-9-13(10-15(11-14)25-2)19-17(21)12-16-5-6-18(26-16)27(22,23)20-7-3-4-8-20/h5-6,9-11H,3-4,7-8,12H2,1-2H3,(H,19,21). The first-order valence-electron chi connectivity index (χ1n) is 8.54. The first-order chi connectivity index (χ1) is 12.9. The number of thiophene rings is 1. The molecule has 27 heavy (non-hydrogen) atoms. The molecule has 0 atom stereocenters. The third-order valence-corrected chi connectivity index (χ3v) is 7.72. The van der Waals surface area contributed by atoms with Gasteiger partial charge in [-0.25, -0.2) is 8.42 Å². The van der Waals surface area contributed by atoms with Crippen LogP contribution < -0.4 is 14.8 Å². The normalized spacial score (nSPS) is 14.9. The molecule has 0 bridgehead atoms. The number of ether oxygens (including phenoxy) is 2. The van der Waals surface area contributed by atoms with Crippen LogP contribution in [0.1, 0.15) is 17.7 Å². The van der Waals surface area contributed by atoms with Gasteiger partial charge in [0, 0.05) is 41.9 Å². The minimum Gasteiger partial charge on any atom is -0.497 e. The van der Waals surface area contributed by atoms with Gasteiger partial charge in [0.15, 0.2) is 0 Å². The molecule has 1 saturated heterocycles. The van der Waals surface area contributed by atoms with E-state index in [1.165, 1.54) is 18.5 Å². The number of hydrogen-bond acceptors (Lipinski definition) is 6. The molecule has 9 heteroatoms. The molecular weight excluding hydrogens is 388 g/mol. The highest BCUT2D eigenvalue weighted by Crippen LogP contribution is 2.29. The Kier molecular flexibility index (Phi) is 6.03. The molecule has 1 N–H and O–H groups in total. The summed E-state index contributed by atoms with van der Waals surface area (Å²) in [6, 6.07) is 8.37. The number of carbonyl (C=O) groups excluding carboxylic acids is 1. The van der Waals surface area contributed by atoms with Crippen molar-refractivity contribution in [1.82, 2.24) is 4.31 Å². The Morgan fingerprint density at radius 3 is 2.33 bits per heavy atom. The van der Waals surface area contributed by atoms with Gasteiger partial charge >= 0.3 is 0 Å². The highest BCUT2D eigenvalue weighted by Gasteiger charge is 2.28. The maximum Gasteiger partial charge on any atom is 0.252 e. The summed E-state index contributed by atoms with van der Waals surface area (Å²) in [6.07, 6.45) is 1.88. The Bertz CT molecular complexity index is 895. The van der Waals surface area contributed by atoms with Crippen LogP contribution in [0.15, 0.2) is 34.5 Å². The average molecular weight is 411 g/mol. The summed E-state index contributed by atoms with van der Waals surface area (Å²) >= 11 is 1.14. The number of carbonyl (C=O) groups is 1. The highest BCUT2D eigenvalue weighted by atomic mass is 32.2. The minimum absolute atomic E-state index is 0.0969. The van der Waals surface area contributed by atoms with Gasteiger partial charge in [0.2, 0.25) is 5.91 Å². The van der Waals surface area contributed by atoms with Gasteiger partial charge < -0.3 is 14.8 Å². The smallest absolute Gasteiger partial charge is 0.252 e. The average Bonchev–Trinajstić information content (AvgIpc) is 3.33. The van der Waals surface area contributed by atoms with Crippen molar-refractivity contribution in [3.63, 3.8) is 0 Å². The number of hydrogen-bond donors (Lipinski definition) is 1. The van der Waals surface area contributed by atoms with Crippen molar-refractivity contribution in [2.75, 3.05) is 32.6 Å². The van der Waals surface area contributed by atoms with Crippen molar-refractivity contribution in [2.24, 2.45) is 0 Å². The second-order valence-electron chi connectivity index (χ2n) is 6.16. The van der Waals surface area contributed by atoms with Gasteiger partial charge in [-0.15, -0.1) is 11.3 Å². The van der Waals surface area contributed by atoms with Crippen molar-refractivity contribution in [3.05, 3.63) is 35.2 Å². The van der Waals surface area contributed by atoms with Gasteiger partial charge in [0.1, 0.15) is 15.7 Å². The third-order valence-electron chi connectivity index (χ3n) is 4.27. The van der Waals surface area contributed by atoms with E-state index < -0.39 is 10.0 Å². The fraction of sp³-hybridized carbons (Fsp3) is 0.389. The summed E-state index contributed by atoms with van der Waals surface area (Å²) in [5.41, 5.74) is 0.553. The van der Waals surface area contributed by atoms with Crippen LogP contribution in [0.25, 0.3) is 0 Å². The van der Waals surface area contributed by atoms with Crippen LogP contribution in [-0.2, 0) is 21.2 Å². The Hall–Kier alpha value is -2.10. The summed E-state index contributed by atoms with van der Waals surface area (Å²) < 4.78 is 37.3. The predicted octanol–water partition coefficient (Wildman–Crippen LogP) is 2.73. The molecule has 2 heterocycles. The zero-order chi connectivity index (χ0) is 19.4. The molecule has 1 aliphatic rings. The van der Waals surface area contributed by atoms with Crippen LogP contribution >= 0.6 is 11.3 Å². The van der Waals surface area contributed by atoms with Crippen LogP contribution in [0.5, 0.6) is 11.5 Å². The number of rotatable bonds is 7. The first-order valence-corrected chi connectivity index (χ1v) is 10.8. The molecule has 1 aromatic heterocycles. The van der Waals surface area contributed by atoms with E-state index in [0.29, 0.717) is 35.2 Å². The Morgan fingerprint density at radius 2 is 1.74 bits per heavy atom. The van der Waals surface area contributed by atoms with E-state index in [-0.39, 0.29) is 16.5 Å². The summed E-state index contributed by atoms with van der Waals surface area (Å²) in [6.45, 7) is 1.13. The lowest BCUT2D eigenvalue weighted by atomic mass is 10.2. The Balaban J connectivity index is 1.68. The number of sulfonamides is 1. The van der Waals surface area contributed by atoms with E-state index in [0.717, 1.165) is 24.2 Å². The largest absolute Gasteiger partial charge is 0.497 e. The molecule has 0 unspecified atom stereocenters. The number of amides is 1.